The lowest BCUT2D eigenvalue weighted by atomic mass is 10.0. The third-order valence-electron chi connectivity index (χ3n) is 3.54. The minimum atomic E-state index is -3.38. The van der Waals surface area contributed by atoms with Gasteiger partial charge >= 0.3 is 0 Å². The number of benzene rings is 1. The quantitative estimate of drug-likeness (QED) is 0.870. The highest BCUT2D eigenvalue weighted by atomic mass is 35.5. The van der Waals surface area contributed by atoms with E-state index in [1.807, 2.05) is 12.1 Å². The fourth-order valence-corrected chi connectivity index (χ4v) is 3.81. The van der Waals surface area contributed by atoms with Crippen molar-refractivity contribution in [3.05, 3.63) is 29.8 Å². The lowest BCUT2D eigenvalue weighted by Crippen LogP contribution is -2.42. The first-order chi connectivity index (χ1) is 9.47. The number of sulfonamides is 1. The smallest absolute Gasteiger partial charge is 0.240 e. The van der Waals surface area contributed by atoms with E-state index in [2.05, 4.69) is 23.9 Å². The van der Waals surface area contributed by atoms with E-state index < -0.39 is 10.0 Å². The van der Waals surface area contributed by atoms with E-state index in [-0.39, 0.29) is 18.4 Å². The molecule has 1 aliphatic heterocycles. The fraction of sp³-hybridized carbons (Fsp3) is 0.600. The SMILES string of the molecule is CC(C)Cc1ccc(S(=O)(=O)NC2CCNCC2)cc1.Cl. The molecule has 0 radical (unpaired) electrons. The molecule has 120 valence electrons. The minimum absolute atomic E-state index is 0. The van der Waals surface area contributed by atoms with Crippen molar-refractivity contribution in [2.45, 2.75) is 44.0 Å². The second-order valence-corrected chi connectivity index (χ2v) is 7.60. The van der Waals surface area contributed by atoms with Crippen LogP contribution in [0.5, 0.6) is 0 Å². The predicted molar refractivity (Wildman–Crippen MR) is 88.4 cm³/mol. The minimum Gasteiger partial charge on any atom is -0.317 e. The van der Waals surface area contributed by atoms with Crippen molar-refractivity contribution >= 4 is 22.4 Å². The number of piperidine rings is 1. The van der Waals surface area contributed by atoms with E-state index in [4.69, 9.17) is 0 Å². The topological polar surface area (TPSA) is 58.2 Å². The summed E-state index contributed by atoms with van der Waals surface area (Å²) in [5, 5.41) is 3.23. The van der Waals surface area contributed by atoms with Crippen LogP contribution < -0.4 is 10.0 Å². The molecular weight excluding hydrogens is 308 g/mol. The molecule has 0 spiro atoms. The Labute approximate surface area is 134 Å². The normalized spacial score (nSPS) is 16.7. The fourth-order valence-electron chi connectivity index (χ4n) is 2.50. The van der Waals surface area contributed by atoms with Gasteiger partial charge in [0, 0.05) is 6.04 Å². The number of hydrogen-bond donors (Lipinski definition) is 2. The van der Waals surface area contributed by atoms with Crippen molar-refractivity contribution in [1.82, 2.24) is 10.0 Å². The van der Waals surface area contributed by atoms with Gasteiger partial charge in [0.1, 0.15) is 0 Å². The van der Waals surface area contributed by atoms with Crippen LogP contribution in [0.1, 0.15) is 32.3 Å². The van der Waals surface area contributed by atoms with Crippen molar-refractivity contribution < 1.29 is 8.42 Å². The molecule has 2 rings (SSSR count). The molecule has 0 amide bonds. The zero-order chi connectivity index (χ0) is 14.6. The Hall–Kier alpha value is -0.620. The molecular formula is C15H25ClN2O2S. The summed E-state index contributed by atoms with van der Waals surface area (Å²) in [5.41, 5.74) is 1.18. The molecule has 1 aromatic carbocycles. The van der Waals surface area contributed by atoms with E-state index in [1.165, 1.54) is 5.56 Å². The Morgan fingerprint density at radius 3 is 2.29 bits per heavy atom. The summed E-state index contributed by atoms with van der Waals surface area (Å²) in [6.45, 7) is 6.06. The van der Waals surface area contributed by atoms with Crippen molar-refractivity contribution in [2.75, 3.05) is 13.1 Å². The van der Waals surface area contributed by atoms with Gasteiger partial charge in [0.25, 0.3) is 0 Å². The van der Waals surface area contributed by atoms with Gasteiger partial charge in [0.2, 0.25) is 10.0 Å². The van der Waals surface area contributed by atoms with Crippen LogP contribution in [0.4, 0.5) is 0 Å². The summed E-state index contributed by atoms with van der Waals surface area (Å²) < 4.78 is 27.4. The van der Waals surface area contributed by atoms with Gasteiger partial charge in [-0.15, -0.1) is 12.4 Å². The Morgan fingerprint density at radius 2 is 1.76 bits per heavy atom. The van der Waals surface area contributed by atoms with E-state index in [0.717, 1.165) is 32.4 Å². The molecule has 0 unspecified atom stereocenters. The Kier molecular flexibility index (Phi) is 7.13. The number of hydrogen-bond acceptors (Lipinski definition) is 3. The maximum atomic E-state index is 12.3. The summed E-state index contributed by atoms with van der Waals surface area (Å²) in [5.74, 6) is 0.574. The highest BCUT2D eigenvalue weighted by molar-refractivity contribution is 7.89. The molecule has 1 saturated heterocycles. The first-order valence-corrected chi connectivity index (χ1v) is 8.77. The first kappa shape index (κ1) is 18.4. The van der Waals surface area contributed by atoms with Crippen LogP contribution in [-0.4, -0.2) is 27.5 Å². The van der Waals surface area contributed by atoms with Crippen LogP contribution in [-0.2, 0) is 16.4 Å². The van der Waals surface area contributed by atoms with Crippen LogP contribution in [0.15, 0.2) is 29.2 Å². The van der Waals surface area contributed by atoms with Gasteiger partial charge in [0.05, 0.1) is 4.90 Å². The van der Waals surface area contributed by atoms with Crippen LogP contribution in [0.2, 0.25) is 0 Å². The molecule has 6 heteroatoms. The van der Waals surface area contributed by atoms with Crippen LogP contribution in [0.3, 0.4) is 0 Å². The second kappa shape index (κ2) is 8.13. The molecule has 1 heterocycles. The number of rotatable bonds is 5. The van der Waals surface area contributed by atoms with Crippen LogP contribution in [0.25, 0.3) is 0 Å². The van der Waals surface area contributed by atoms with Crippen molar-refractivity contribution in [3.8, 4) is 0 Å². The zero-order valence-corrected chi connectivity index (χ0v) is 14.3. The third kappa shape index (κ3) is 5.58. The molecule has 2 N–H and O–H groups in total. The summed E-state index contributed by atoms with van der Waals surface area (Å²) >= 11 is 0. The highest BCUT2D eigenvalue weighted by Crippen LogP contribution is 2.15. The maximum absolute atomic E-state index is 12.3. The summed E-state index contributed by atoms with van der Waals surface area (Å²) in [7, 11) is -3.38. The highest BCUT2D eigenvalue weighted by Gasteiger charge is 2.21. The van der Waals surface area contributed by atoms with Crippen LogP contribution >= 0.6 is 12.4 Å². The van der Waals surface area contributed by atoms with Gasteiger partial charge in [-0.1, -0.05) is 26.0 Å². The zero-order valence-electron chi connectivity index (χ0n) is 12.6. The lowest BCUT2D eigenvalue weighted by Gasteiger charge is -2.23. The lowest BCUT2D eigenvalue weighted by molar-refractivity contribution is 0.427. The predicted octanol–water partition coefficient (Wildman–Crippen LogP) is 2.34. The molecule has 0 aliphatic carbocycles. The molecule has 0 aromatic heterocycles. The average molecular weight is 333 g/mol. The van der Waals surface area contributed by atoms with Gasteiger partial charge in [-0.2, -0.15) is 0 Å². The second-order valence-electron chi connectivity index (χ2n) is 5.89. The molecule has 4 nitrogen and oxygen atoms in total. The average Bonchev–Trinajstić information content (AvgIpc) is 2.39. The van der Waals surface area contributed by atoms with E-state index in [9.17, 15) is 8.42 Å². The molecule has 0 saturated carbocycles. The Bertz CT molecular complexity index is 523. The molecule has 21 heavy (non-hydrogen) atoms. The van der Waals surface area contributed by atoms with Gasteiger partial charge in [-0.25, -0.2) is 13.1 Å². The monoisotopic (exact) mass is 332 g/mol. The van der Waals surface area contributed by atoms with E-state index >= 15 is 0 Å². The number of nitrogens with one attached hydrogen (secondary N) is 2. The number of halogens is 1. The van der Waals surface area contributed by atoms with Gasteiger partial charge in [-0.05, 0) is 56.0 Å². The molecule has 1 aliphatic rings. The molecule has 1 fully saturated rings. The van der Waals surface area contributed by atoms with E-state index in [1.54, 1.807) is 12.1 Å². The molecule has 0 bridgehead atoms. The third-order valence-corrected chi connectivity index (χ3v) is 5.07. The Balaban J connectivity index is 0.00000220. The van der Waals surface area contributed by atoms with Gasteiger partial charge < -0.3 is 5.32 Å². The first-order valence-electron chi connectivity index (χ1n) is 7.29. The van der Waals surface area contributed by atoms with E-state index in [0.29, 0.717) is 10.8 Å². The van der Waals surface area contributed by atoms with Crippen LogP contribution in [0, 0.1) is 5.92 Å². The molecule has 0 atom stereocenters. The summed E-state index contributed by atoms with van der Waals surface area (Å²) in [4.78, 5) is 0.364. The largest absolute Gasteiger partial charge is 0.317 e. The van der Waals surface area contributed by atoms with Crippen molar-refractivity contribution in [1.29, 1.82) is 0 Å². The summed E-state index contributed by atoms with van der Waals surface area (Å²) in [6.07, 6.45) is 2.68. The maximum Gasteiger partial charge on any atom is 0.240 e. The van der Waals surface area contributed by atoms with Crippen molar-refractivity contribution in [3.63, 3.8) is 0 Å². The van der Waals surface area contributed by atoms with Gasteiger partial charge in [0.15, 0.2) is 0 Å². The standard InChI is InChI=1S/C15H24N2O2S.ClH/c1-12(2)11-13-3-5-15(6-4-13)20(18,19)17-14-7-9-16-10-8-14;/h3-6,12,14,16-17H,7-11H2,1-2H3;1H. The summed E-state index contributed by atoms with van der Waals surface area (Å²) in [6, 6.07) is 7.30. The Morgan fingerprint density at radius 1 is 1.19 bits per heavy atom. The van der Waals surface area contributed by atoms with Gasteiger partial charge in [-0.3, -0.25) is 0 Å². The van der Waals surface area contributed by atoms with Crippen molar-refractivity contribution in [2.24, 2.45) is 5.92 Å². The molecule has 1 aromatic rings.